The van der Waals surface area contributed by atoms with Crippen LogP contribution in [0.4, 0.5) is 0 Å². The summed E-state index contributed by atoms with van der Waals surface area (Å²) in [6.07, 6.45) is 7.98. The molecule has 0 radical (unpaired) electrons. The third-order valence-corrected chi connectivity index (χ3v) is 5.58. The largest absolute Gasteiger partial charge is 0.425 e. The van der Waals surface area contributed by atoms with Crippen molar-refractivity contribution in [2.45, 2.75) is 44.4 Å². The SMILES string of the molecule is CNCCc1nnc(C2C3CC4CC(C3)CC2C4)o1. The smallest absolute Gasteiger partial charge is 0.220 e. The molecule has 19 heavy (non-hydrogen) atoms. The van der Waals surface area contributed by atoms with Crippen LogP contribution >= 0.6 is 0 Å². The van der Waals surface area contributed by atoms with Gasteiger partial charge in [-0.15, -0.1) is 10.2 Å². The molecule has 0 unspecified atom stereocenters. The number of nitrogens with zero attached hydrogens (tertiary/aromatic N) is 2. The first kappa shape index (κ1) is 11.9. The quantitative estimate of drug-likeness (QED) is 0.904. The number of hydrogen-bond acceptors (Lipinski definition) is 4. The zero-order chi connectivity index (χ0) is 12.8. The first-order valence-electron chi connectivity index (χ1n) is 7.80. The van der Waals surface area contributed by atoms with Crippen LogP contribution in [0, 0.1) is 23.7 Å². The monoisotopic (exact) mass is 261 g/mol. The first-order valence-corrected chi connectivity index (χ1v) is 7.80. The van der Waals surface area contributed by atoms with Crippen LogP contribution in [0.2, 0.25) is 0 Å². The molecule has 4 heteroatoms. The molecule has 4 fully saturated rings. The van der Waals surface area contributed by atoms with Crippen LogP contribution in [0.15, 0.2) is 4.42 Å². The lowest BCUT2D eigenvalue weighted by Gasteiger charge is -2.53. The summed E-state index contributed by atoms with van der Waals surface area (Å²) in [5.41, 5.74) is 0. The van der Waals surface area contributed by atoms with Gasteiger partial charge in [-0.25, -0.2) is 0 Å². The third kappa shape index (κ3) is 2.00. The number of hydrogen-bond donors (Lipinski definition) is 1. The van der Waals surface area contributed by atoms with Crippen molar-refractivity contribution < 1.29 is 4.42 Å². The average Bonchev–Trinajstić information content (AvgIpc) is 2.83. The Labute approximate surface area is 114 Å². The minimum atomic E-state index is 0.573. The predicted molar refractivity (Wildman–Crippen MR) is 71.7 cm³/mol. The zero-order valence-corrected chi connectivity index (χ0v) is 11.6. The van der Waals surface area contributed by atoms with E-state index in [0.717, 1.165) is 48.4 Å². The molecule has 4 nitrogen and oxygen atoms in total. The van der Waals surface area contributed by atoms with Crippen molar-refractivity contribution in [1.29, 1.82) is 0 Å². The van der Waals surface area contributed by atoms with Crippen LogP contribution in [-0.4, -0.2) is 23.8 Å². The molecular formula is C15H23N3O. The predicted octanol–water partition coefficient (Wildman–Crippen LogP) is 2.37. The van der Waals surface area contributed by atoms with E-state index in [2.05, 4.69) is 15.5 Å². The molecule has 4 aliphatic rings. The van der Waals surface area contributed by atoms with Crippen LogP contribution in [0.1, 0.15) is 49.8 Å². The standard InChI is InChI=1S/C15H23N3O/c1-16-3-2-13-17-18-15(19-13)14-11-5-9-4-10(7-11)8-12(14)6-9/h9-12,14,16H,2-8H2,1H3. The topological polar surface area (TPSA) is 51.0 Å². The van der Waals surface area contributed by atoms with E-state index in [4.69, 9.17) is 4.42 Å². The fourth-order valence-corrected chi connectivity index (χ4v) is 5.06. The average molecular weight is 261 g/mol. The lowest BCUT2D eigenvalue weighted by molar-refractivity contribution is -0.0118. The Hall–Kier alpha value is -0.900. The fourth-order valence-electron chi connectivity index (χ4n) is 5.06. The van der Waals surface area contributed by atoms with Crippen LogP contribution < -0.4 is 5.32 Å². The minimum absolute atomic E-state index is 0.573. The van der Waals surface area contributed by atoms with Crippen LogP contribution in [0.3, 0.4) is 0 Å². The van der Waals surface area contributed by atoms with E-state index in [1.54, 1.807) is 0 Å². The summed E-state index contributed by atoms with van der Waals surface area (Å²) in [5.74, 6) is 5.99. The van der Waals surface area contributed by atoms with Gasteiger partial charge in [0.25, 0.3) is 0 Å². The van der Waals surface area contributed by atoms with Crippen LogP contribution in [0.25, 0.3) is 0 Å². The van der Waals surface area contributed by atoms with E-state index >= 15 is 0 Å². The van der Waals surface area contributed by atoms with Gasteiger partial charge < -0.3 is 9.73 Å². The Bertz CT molecular complexity index is 428. The third-order valence-electron chi connectivity index (χ3n) is 5.58. The molecule has 1 aromatic heterocycles. The number of nitrogens with one attached hydrogen (secondary N) is 1. The molecule has 0 amide bonds. The Kier molecular flexibility index (Phi) is 2.87. The Morgan fingerprint density at radius 1 is 1.05 bits per heavy atom. The van der Waals surface area contributed by atoms with E-state index in [-0.39, 0.29) is 0 Å². The van der Waals surface area contributed by atoms with Gasteiger partial charge in [0.05, 0.1) is 0 Å². The molecule has 4 aliphatic carbocycles. The van der Waals surface area contributed by atoms with Gasteiger partial charge in [-0.2, -0.15) is 0 Å². The molecule has 4 bridgehead atoms. The molecule has 0 aliphatic heterocycles. The summed E-state index contributed by atoms with van der Waals surface area (Å²) in [6.45, 7) is 0.906. The highest BCUT2D eigenvalue weighted by Gasteiger charge is 2.50. The summed E-state index contributed by atoms with van der Waals surface area (Å²) in [7, 11) is 1.95. The van der Waals surface area contributed by atoms with Gasteiger partial charge in [-0.1, -0.05) is 0 Å². The highest BCUT2D eigenvalue weighted by Crippen LogP contribution is 2.59. The molecule has 0 aromatic carbocycles. The highest BCUT2D eigenvalue weighted by molar-refractivity contribution is 5.08. The van der Waals surface area contributed by atoms with Gasteiger partial charge in [0.2, 0.25) is 11.8 Å². The highest BCUT2D eigenvalue weighted by atomic mass is 16.4. The van der Waals surface area contributed by atoms with Crippen molar-refractivity contribution in [3.8, 4) is 0 Å². The number of rotatable bonds is 4. The maximum atomic E-state index is 5.95. The Balaban J connectivity index is 1.54. The number of likely N-dealkylation sites (N-methyl/N-ethyl adjacent to an activating group) is 1. The Morgan fingerprint density at radius 2 is 1.74 bits per heavy atom. The molecular weight excluding hydrogens is 238 g/mol. The van der Waals surface area contributed by atoms with Crippen molar-refractivity contribution in [2.75, 3.05) is 13.6 Å². The van der Waals surface area contributed by atoms with Gasteiger partial charge in [0.1, 0.15) is 0 Å². The van der Waals surface area contributed by atoms with Gasteiger partial charge in [0.15, 0.2) is 0 Å². The van der Waals surface area contributed by atoms with Crippen LogP contribution in [-0.2, 0) is 6.42 Å². The van der Waals surface area contributed by atoms with Crippen molar-refractivity contribution in [3.05, 3.63) is 11.8 Å². The van der Waals surface area contributed by atoms with Crippen LogP contribution in [0.5, 0.6) is 0 Å². The van der Waals surface area contributed by atoms with Gasteiger partial charge in [0, 0.05) is 18.9 Å². The molecule has 4 saturated carbocycles. The van der Waals surface area contributed by atoms with E-state index in [9.17, 15) is 0 Å². The maximum absolute atomic E-state index is 5.95. The van der Waals surface area contributed by atoms with E-state index in [0.29, 0.717) is 5.92 Å². The second-order valence-corrected chi connectivity index (χ2v) is 6.84. The molecule has 1 heterocycles. The van der Waals surface area contributed by atoms with Gasteiger partial charge >= 0.3 is 0 Å². The lowest BCUT2D eigenvalue weighted by atomic mass is 9.52. The Morgan fingerprint density at radius 3 is 2.37 bits per heavy atom. The van der Waals surface area contributed by atoms with E-state index in [1.807, 2.05) is 7.05 Å². The molecule has 5 rings (SSSR count). The zero-order valence-electron chi connectivity index (χ0n) is 11.6. The molecule has 0 spiro atoms. The second kappa shape index (κ2) is 4.58. The van der Waals surface area contributed by atoms with Crippen molar-refractivity contribution in [2.24, 2.45) is 23.7 Å². The van der Waals surface area contributed by atoms with Crippen molar-refractivity contribution >= 4 is 0 Å². The van der Waals surface area contributed by atoms with Gasteiger partial charge in [-0.05, 0) is 62.8 Å². The summed E-state index contributed by atoms with van der Waals surface area (Å²) in [6, 6.07) is 0. The van der Waals surface area contributed by atoms with Crippen molar-refractivity contribution in [3.63, 3.8) is 0 Å². The molecule has 1 aromatic rings. The summed E-state index contributed by atoms with van der Waals surface area (Å²) < 4.78 is 5.95. The van der Waals surface area contributed by atoms with E-state index in [1.165, 1.54) is 32.1 Å². The minimum Gasteiger partial charge on any atom is -0.425 e. The summed E-state index contributed by atoms with van der Waals surface area (Å²) >= 11 is 0. The van der Waals surface area contributed by atoms with E-state index < -0.39 is 0 Å². The molecule has 1 N–H and O–H groups in total. The second-order valence-electron chi connectivity index (χ2n) is 6.84. The lowest BCUT2D eigenvalue weighted by Crippen LogP contribution is -2.43. The normalized spacial score (nSPS) is 39.9. The summed E-state index contributed by atoms with van der Waals surface area (Å²) in [4.78, 5) is 0. The number of aromatic nitrogens is 2. The maximum Gasteiger partial charge on any atom is 0.220 e. The molecule has 104 valence electrons. The fraction of sp³-hybridized carbons (Fsp3) is 0.867. The first-order chi connectivity index (χ1) is 9.33. The summed E-state index contributed by atoms with van der Waals surface area (Å²) in [5, 5.41) is 11.7. The molecule has 0 saturated heterocycles. The van der Waals surface area contributed by atoms with Crippen molar-refractivity contribution in [1.82, 2.24) is 15.5 Å². The van der Waals surface area contributed by atoms with Gasteiger partial charge in [-0.3, -0.25) is 0 Å². The molecule has 0 atom stereocenters.